The first-order valence-corrected chi connectivity index (χ1v) is 2.12. The lowest BCUT2D eigenvalue weighted by Crippen LogP contribution is -2.43. The number of alkyl halides is 5. The van der Waals surface area contributed by atoms with E-state index in [1.807, 2.05) is 0 Å². The monoisotopic (exact) mass is 163 g/mol. The Labute approximate surface area is 53.8 Å². The molecule has 0 saturated carbocycles. The molecule has 0 aliphatic carbocycles. The number of rotatable bonds is 3. The lowest BCUT2D eigenvalue weighted by molar-refractivity contribution is -0.331. The van der Waals surface area contributed by atoms with E-state index in [1.165, 1.54) is 0 Å². The van der Waals surface area contributed by atoms with Crippen molar-refractivity contribution in [1.29, 1.82) is 0 Å². The Morgan fingerprint density at radius 2 is 1.60 bits per heavy atom. The molecule has 0 atom stereocenters. The molecule has 0 rings (SSSR count). The summed E-state index contributed by atoms with van der Waals surface area (Å²) < 4.78 is 60.5. The second-order valence-corrected chi connectivity index (χ2v) is 1.50. The third kappa shape index (κ3) is 1.56. The summed E-state index contributed by atoms with van der Waals surface area (Å²) in [5, 5.41) is 0. The first kappa shape index (κ1) is 9.61. The first-order valence-electron chi connectivity index (χ1n) is 2.12. The van der Waals surface area contributed by atoms with Gasteiger partial charge >= 0.3 is 12.0 Å². The number of ether oxygens (including phenoxy) is 1. The summed E-state index contributed by atoms with van der Waals surface area (Å²) in [7, 11) is 2.07. The highest BCUT2D eigenvalue weighted by Crippen LogP contribution is 2.34. The van der Waals surface area contributed by atoms with Crippen LogP contribution in [0.1, 0.15) is 0 Å². The van der Waals surface area contributed by atoms with Gasteiger partial charge in [0.1, 0.15) is 0 Å². The predicted molar refractivity (Wildman–Crippen MR) is 22.3 cm³/mol. The van der Waals surface area contributed by atoms with Gasteiger partial charge in [-0.25, -0.2) is 4.39 Å². The molecule has 6 heteroatoms. The van der Waals surface area contributed by atoms with Crippen molar-refractivity contribution in [2.24, 2.45) is 0 Å². The molecule has 0 spiro atoms. The van der Waals surface area contributed by atoms with E-state index in [4.69, 9.17) is 0 Å². The molecule has 0 aliphatic rings. The van der Waals surface area contributed by atoms with E-state index in [0.29, 0.717) is 0 Å². The standard InChI is InChI=1S/C4H4F5O/c1-10-4(8,9)3(6,7)2-5/h1-2H2. The summed E-state index contributed by atoms with van der Waals surface area (Å²) in [6.07, 6.45) is -4.83. The van der Waals surface area contributed by atoms with Gasteiger partial charge in [0.2, 0.25) is 0 Å². The molecule has 0 aliphatic heterocycles. The molecular weight excluding hydrogens is 159 g/mol. The van der Waals surface area contributed by atoms with Crippen LogP contribution in [0.25, 0.3) is 0 Å². The maximum absolute atomic E-state index is 11.7. The second kappa shape index (κ2) is 2.69. The fourth-order valence-electron chi connectivity index (χ4n) is 0.183. The molecule has 0 aromatic heterocycles. The lowest BCUT2D eigenvalue weighted by Gasteiger charge is -2.21. The zero-order valence-electron chi connectivity index (χ0n) is 4.71. The van der Waals surface area contributed by atoms with Crippen molar-refractivity contribution in [2.75, 3.05) is 6.67 Å². The van der Waals surface area contributed by atoms with Crippen LogP contribution in [-0.4, -0.2) is 18.7 Å². The van der Waals surface area contributed by atoms with Crippen molar-refractivity contribution < 1.29 is 26.7 Å². The Morgan fingerprint density at radius 3 is 1.70 bits per heavy atom. The summed E-state index contributed by atoms with van der Waals surface area (Å²) in [5.74, 6) is -4.80. The van der Waals surface area contributed by atoms with Crippen LogP contribution in [0, 0.1) is 7.11 Å². The van der Waals surface area contributed by atoms with Crippen LogP contribution in [0.4, 0.5) is 22.0 Å². The van der Waals surface area contributed by atoms with E-state index in [1.54, 1.807) is 0 Å². The van der Waals surface area contributed by atoms with Gasteiger partial charge in [0.25, 0.3) is 0 Å². The molecule has 1 radical (unpaired) electrons. The summed E-state index contributed by atoms with van der Waals surface area (Å²) in [4.78, 5) is 0. The molecule has 0 amide bonds. The average Bonchev–Trinajstić information content (AvgIpc) is 1.88. The smallest absolute Gasteiger partial charge is 0.313 e. The number of halogens is 5. The topological polar surface area (TPSA) is 9.23 Å². The van der Waals surface area contributed by atoms with Gasteiger partial charge in [-0.1, -0.05) is 0 Å². The van der Waals surface area contributed by atoms with Gasteiger partial charge < -0.3 is 4.74 Å². The van der Waals surface area contributed by atoms with Crippen molar-refractivity contribution in [3.05, 3.63) is 7.11 Å². The van der Waals surface area contributed by atoms with Gasteiger partial charge in [-0.05, 0) is 0 Å². The predicted octanol–water partition coefficient (Wildman–Crippen LogP) is 1.99. The summed E-state index contributed by atoms with van der Waals surface area (Å²) in [6.45, 7) is -2.48. The number of hydrogen-bond donors (Lipinski definition) is 0. The van der Waals surface area contributed by atoms with E-state index in [9.17, 15) is 22.0 Å². The molecular formula is C4H4F5O. The zero-order valence-corrected chi connectivity index (χ0v) is 4.71. The van der Waals surface area contributed by atoms with Crippen LogP contribution in [0.2, 0.25) is 0 Å². The van der Waals surface area contributed by atoms with E-state index >= 15 is 0 Å². The Balaban J connectivity index is 4.28. The van der Waals surface area contributed by atoms with Gasteiger partial charge in [0.15, 0.2) is 6.67 Å². The van der Waals surface area contributed by atoms with E-state index in [2.05, 4.69) is 11.8 Å². The average molecular weight is 163 g/mol. The quantitative estimate of drug-likeness (QED) is 0.578. The van der Waals surface area contributed by atoms with Crippen molar-refractivity contribution in [3.63, 3.8) is 0 Å². The van der Waals surface area contributed by atoms with Crippen molar-refractivity contribution in [1.82, 2.24) is 0 Å². The van der Waals surface area contributed by atoms with Crippen LogP contribution in [0.15, 0.2) is 0 Å². The Bertz CT molecular complexity index is 98.2. The maximum Gasteiger partial charge on any atom is 0.422 e. The largest absolute Gasteiger partial charge is 0.422 e. The molecule has 1 nitrogen and oxygen atoms in total. The maximum atomic E-state index is 11.7. The fraction of sp³-hybridized carbons (Fsp3) is 0.750. The molecule has 0 N–H and O–H groups in total. The molecule has 0 saturated heterocycles. The highest BCUT2D eigenvalue weighted by molar-refractivity contribution is 4.75. The first-order chi connectivity index (χ1) is 4.37. The van der Waals surface area contributed by atoms with E-state index < -0.39 is 18.7 Å². The minimum absolute atomic E-state index is 2.07. The zero-order chi connectivity index (χ0) is 8.41. The van der Waals surface area contributed by atoms with E-state index in [-0.39, 0.29) is 0 Å². The highest BCUT2D eigenvalue weighted by Gasteiger charge is 2.57. The SMILES string of the molecule is [CH2]OC(F)(F)C(F)(F)CF. The fourth-order valence-corrected chi connectivity index (χ4v) is 0.183. The van der Waals surface area contributed by atoms with Crippen LogP contribution in [0.3, 0.4) is 0 Å². The van der Waals surface area contributed by atoms with Crippen molar-refractivity contribution in [3.8, 4) is 0 Å². The van der Waals surface area contributed by atoms with Gasteiger partial charge in [0.05, 0.1) is 7.11 Å². The summed E-state index contributed by atoms with van der Waals surface area (Å²) >= 11 is 0. The van der Waals surface area contributed by atoms with Crippen LogP contribution < -0.4 is 0 Å². The minimum atomic E-state index is -4.83. The van der Waals surface area contributed by atoms with Gasteiger partial charge in [-0.3, -0.25) is 0 Å². The normalized spacial score (nSPS) is 13.8. The lowest BCUT2D eigenvalue weighted by atomic mass is 10.3. The molecule has 0 aromatic rings. The summed E-state index contributed by atoms with van der Waals surface area (Å²) in [5.41, 5.74) is 0. The third-order valence-corrected chi connectivity index (χ3v) is 0.775. The molecule has 0 bridgehead atoms. The minimum Gasteiger partial charge on any atom is -0.313 e. The Hall–Kier alpha value is -0.390. The molecule has 0 fully saturated rings. The molecule has 0 aromatic carbocycles. The molecule has 61 valence electrons. The van der Waals surface area contributed by atoms with Gasteiger partial charge in [-0.15, -0.1) is 0 Å². The van der Waals surface area contributed by atoms with Gasteiger partial charge in [-0.2, -0.15) is 17.6 Å². The molecule has 0 heterocycles. The molecule has 10 heavy (non-hydrogen) atoms. The summed E-state index contributed by atoms with van der Waals surface area (Å²) in [6, 6.07) is 0. The number of hydrogen-bond acceptors (Lipinski definition) is 1. The van der Waals surface area contributed by atoms with Crippen LogP contribution in [-0.2, 0) is 4.74 Å². The molecule has 0 unspecified atom stereocenters. The van der Waals surface area contributed by atoms with Crippen LogP contribution in [0.5, 0.6) is 0 Å². The van der Waals surface area contributed by atoms with E-state index in [0.717, 1.165) is 0 Å². The highest BCUT2D eigenvalue weighted by atomic mass is 19.3. The second-order valence-electron chi connectivity index (χ2n) is 1.50. The Kier molecular flexibility index (Phi) is 2.59. The van der Waals surface area contributed by atoms with Crippen molar-refractivity contribution in [2.45, 2.75) is 12.0 Å². The third-order valence-electron chi connectivity index (χ3n) is 0.775. The van der Waals surface area contributed by atoms with Crippen LogP contribution >= 0.6 is 0 Å². The van der Waals surface area contributed by atoms with Crippen molar-refractivity contribution >= 4 is 0 Å². The Morgan fingerprint density at radius 1 is 1.20 bits per heavy atom. The van der Waals surface area contributed by atoms with Gasteiger partial charge in [0, 0.05) is 0 Å².